The molecule has 0 spiro atoms. The molecule has 2 heterocycles. The number of carbonyl (C=O) groups is 2. The molecular formula is C19H24N4O5. The Balaban J connectivity index is 1.68. The zero-order valence-electron chi connectivity index (χ0n) is 15.9. The summed E-state index contributed by atoms with van der Waals surface area (Å²) in [5.41, 5.74) is -0.251. The van der Waals surface area contributed by atoms with Gasteiger partial charge in [-0.2, -0.15) is 0 Å². The molecule has 2 amide bonds. The fraction of sp³-hybridized carbons (Fsp3) is 0.474. The van der Waals surface area contributed by atoms with Gasteiger partial charge >= 0.3 is 17.7 Å². The third-order valence-electron chi connectivity index (χ3n) is 4.93. The van der Waals surface area contributed by atoms with Gasteiger partial charge in [-0.15, -0.1) is 0 Å². The van der Waals surface area contributed by atoms with E-state index in [1.54, 1.807) is 43.0 Å². The van der Waals surface area contributed by atoms with Gasteiger partial charge in [-0.1, -0.05) is 12.1 Å². The van der Waals surface area contributed by atoms with Crippen molar-refractivity contribution in [2.24, 2.45) is 0 Å². The second-order valence-electron chi connectivity index (χ2n) is 6.79. The molecule has 1 atom stereocenters. The van der Waals surface area contributed by atoms with Crippen molar-refractivity contribution in [1.29, 1.82) is 0 Å². The lowest BCUT2D eigenvalue weighted by molar-refractivity contribution is -0.144. The summed E-state index contributed by atoms with van der Waals surface area (Å²) in [6, 6.07) is 5.51. The molecular weight excluding hydrogens is 364 g/mol. The summed E-state index contributed by atoms with van der Waals surface area (Å²) in [6.07, 6.45) is 0.949. The molecule has 1 unspecified atom stereocenters. The maximum atomic E-state index is 12.7. The van der Waals surface area contributed by atoms with Gasteiger partial charge in [0.1, 0.15) is 6.04 Å². The van der Waals surface area contributed by atoms with Crippen molar-refractivity contribution in [2.75, 3.05) is 19.7 Å². The molecule has 9 nitrogen and oxygen atoms in total. The predicted octanol–water partition coefficient (Wildman–Crippen LogP) is 0.988. The number of esters is 1. The number of hydrogen-bond acceptors (Lipinski definition) is 5. The van der Waals surface area contributed by atoms with Crippen LogP contribution in [-0.4, -0.2) is 52.2 Å². The molecule has 1 saturated heterocycles. The summed E-state index contributed by atoms with van der Waals surface area (Å²) in [6.45, 7) is 4.28. The number of likely N-dealkylation sites (tertiary alicyclic amines) is 1. The van der Waals surface area contributed by atoms with E-state index < -0.39 is 17.7 Å². The number of benzene rings is 1. The standard InChI is InChI=1S/C19H24N4O5/c1-3-28-17(25)12(2)20-18(26)22-10-8-13(9-11-22)23-16(24)14-6-4-5-7-15(14)21-19(23)27/h4-7,12-13H,3,8-11H2,1-2H3,(H,20,26)(H,21,27). The van der Waals surface area contributed by atoms with E-state index in [-0.39, 0.29) is 24.2 Å². The van der Waals surface area contributed by atoms with Gasteiger partial charge in [-0.05, 0) is 38.8 Å². The highest BCUT2D eigenvalue weighted by Crippen LogP contribution is 2.20. The van der Waals surface area contributed by atoms with Gasteiger partial charge in [0.2, 0.25) is 0 Å². The number of nitrogens with zero attached hydrogens (tertiary/aromatic N) is 2. The van der Waals surface area contributed by atoms with E-state index in [2.05, 4.69) is 10.3 Å². The Bertz CT molecular complexity index is 988. The Morgan fingerprint density at radius 2 is 1.93 bits per heavy atom. The largest absolute Gasteiger partial charge is 0.464 e. The Labute approximate surface area is 161 Å². The lowest BCUT2D eigenvalue weighted by Gasteiger charge is -2.33. The van der Waals surface area contributed by atoms with Crippen molar-refractivity contribution in [3.8, 4) is 0 Å². The summed E-state index contributed by atoms with van der Waals surface area (Å²) >= 11 is 0. The molecule has 0 radical (unpaired) electrons. The Kier molecular flexibility index (Phi) is 5.81. The number of rotatable bonds is 4. The molecule has 28 heavy (non-hydrogen) atoms. The number of carbonyl (C=O) groups excluding carboxylic acids is 2. The van der Waals surface area contributed by atoms with Crippen LogP contribution in [0, 0.1) is 0 Å². The maximum Gasteiger partial charge on any atom is 0.329 e. The number of H-pyrrole nitrogens is 1. The lowest BCUT2D eigenvalue weighted by atomic mass is 10.0. The molecule has 1 aliphatic rings. The van der Waals surface area contributed by atoms with E-state index in [0.717, 1.165) is 0 Å². The van der Waals surface area contributed by atoms with Crippen LogP contribution >= 0.6 is 0 Å². The molecule has 9 heteroatoms. The molecule has 0 saturated carbocycles. The molecule has 2 aromatic rings. The zero-order chi connectivity index (χ0) is 20.3. The van der Waals surface area contributed by atoms with Gasteiger partial charge < -0.3 is 19.9 Å². The number of aromatic amines is 1. The molecule has 1 fully saturated rings. The number of piperidine rings is 1. The Hall–Kier alpha value is -3.10. The van der Waals surface area contributed by atoms with Crippen LogP contribution in [-0.2, 0) is 9.53 Å². The number of urea groups is 1. The van der Waals surface area contributed by atoms with Crippen molar-refractivity contribution in [2.45, 2.75) is 38.8 Å². The topological polar surface area (TPSA) is 114 Å². The minimum atomic E-state index is -0.740. The SMILES string of the molecule is CCOC(=O)C(C)NC(=O)N1CCC(n2c(=O)[nH]c3ccccc3c2=O)CC1. The van der Waals surface area contributed by atoms with Crippen molar-refractivity contribution >= 4 is 22.9 Å². The minimum Gasteiger partial charge on any atom is -0.464 e. The first kappa shape index (κ1) is 19.7. The minimum absolute atomic E-state index is 0.249. The summed E-state index contributed by atoms with van der Waals surface area (Å²) in [5, 5.41) is 3.08. The quantitative estimate of drug-likeness (QED) is 0.758. The zero-order valence-corrected chi connectivity index (χ0v) is 15.9. The van der Waals surface area contributed by atoms with Crippen molar-refractivity contribution < 1.29 is 14.3 Å². The fourth-order valence-electron chi connectivity index (χ4n) is 3.44. The molecule has 1 aromatic carbocycles. The molecule has 150 valence electrons. The second kappa shape index (κ2) is 8.28. The normalized spacial score (nSPS) is 16.0. The van der Waals surface area contributed by atoms with Gasteiger partial charge in [0.05, 0.1) is 17.5 Å². The van der Waals surface area contributed by atoms with Crippen LogP contribution in [0.3, 0.4) is 0 Å². The van der Waals surface area contributed by atoms with Crippen LogP contribution in [0.1, 0.15) is 32.7 Å². The number of amides is 2. The van der Waals surface area contributed by atoms with E-state index in [1.807, 2.05) is 0 Å². The van der Waals surface area contributed by atoms with Crippen molar-refractivity contribution in [3.63, 3.8) is 0 Å². The molecule has 0 bridgehead atoms. The number of ether oxygens (including phenoxy) is 1. The lowest BCUT2D eigenvalue weighted by Crippen LogP contribution is -2.51. The number of hydrogen-bond donors (Lipinski definition) is 2. The maximum absolute atomic E-state index is 12.7. The highest BCUT2D eigenvalue weighted by Gasteiger charge is 2.28. The van der Waals surface area contributed by atoms with Crippen LogP contribution < -0.4 is 16.6 Å². The Morgan fingerprint density at radius 1 is 1.25 bits per heavy atom. The van der Waals surface area contributed by atoms with Crippen molar-refractivity contribution in [3.05, 3.63) is 45.1 Å². The highest BCUT2D eigenvalue weighted by molar-refractivity contribution is 5.83. The molecule has 0 aliphatic carbocycles. The average molecular weight is 388 g/mol. The summed E-state index contributed by atoms with van der Waals surface area (Å²) < 4.78 is 6.13. The Morgan fingerprint density at radius 3 is 2.61 bits per heavy atom. The van der Waals surface area contributed by atoms with Gasteiger partial charge in [-0.3, -0.25) is 9.36 Å². The number of nitrogens with one attached hydrogen (secondary N) is 2. The van der Waals surface area contributed by atoms with Crippen LogP contribution in [0.5, 0.6) is 0 Å². The fourth-order valence-corrected chi connectivity index (χ4v) is 3.44. The molecule has 1 aromatic heterocycles. The average Bonchev–Trinajstić information content (AvgIpc) is 2.68. The van der Waals surface area contributed by atoms with E-state index >= 15 is 0 Å². The van der Waals surface area contributed by atoms with Crippen molar-refractivity contribution in [1.82, 2.24) is 19.8 Å². The molecule has 1 aliphatic heterocycles. The van der Waals surface area contributed by atoms with E-state index in [1.165, 1.54) is 4.57 Å². The first-order valence-corrected chi connectivity index (χ1v) is 9.38. The van der Waals surface area contributed by atoms with Gasteiger partial charge in [0, 0.05) is 19.1 Å². The summed E-state index contributed by atoms with van der Waals surface area (Å²) in [7, 11) is 0. The van der Waals surface area contributed by atoms with E-state index in [9.17, 15) is 19.2 Å². The first-order chi connectivity index (χ1) is 13.4. The van der Waals surface area contributed by atoms with Crippen LogP contribution in [0.2, 0.25) is 0 Å². The van der Waals surface area contributed by atoms with Crippen LogP contribution in [0.25, 0.3) is 10.9 Å². The predicted molar refractivity (Wildman–Crippen MR) is 103 cm³/mol. The smallest absolute Gasteiger partial charge is 0.329 e. The van der Waals surface area contributed by atoms with E-state index in [0.29, 0.717) is 36.8 Å². The molecule has 2 N–H and O–H groups in total. The monoisotopic (exact) mass is 388 g/mol. The first-order valence-electron chi connectivity index (χ1n) is 9.38. The summed E-state index contributed by atoms with van der Waals surface area (Å²) in [5.74, 6) is -0.486. The third kappa shape index (κ3) is 3.92. The third-order valence-corrected chi connectivity index (χ3v) is 4.93. The van der Waals surface area contributed by atoms with Crippen LogP contribution in [0.15, 0.2) is 33.9 Å². The number of para-hydroxylation sites is 1. The second-order valence-corrected chi connectivity index (χ2v) is 6.79. The highest BCUT2D eigenvalue weighted by atomic mass is 16.5. The number of fused-ring (bicyclic) bond motifs is 1. The van der Waals surface area contributed by atoms with E-state index in [4.69, 9.17) is 4.74 Å². The van der Waals surface area contributed by atoms with Crippen LogP contribution in [0.4, 0.5) is 4.79 Å². The number of aromatic nitrogens is 2. The molecule has 3 rings (SSSR count). The van der Waals surface area contributed by atoms with Gasteiger partial charge in [-0.25, -0.2) is 14.4 Å². The summed E-state index contributed by atoms with van der Waals surface area (Å²) in [4.78, 5) is 53.5. The van der Waals surface area contributed by atoms with Gasteiger partial charge in [0.25, 0.3) is 5.56 Å². The van der Waals surface area contributed by atoms with Gasteiger partial charge in [0.15, 0.2) is 0 Å².